The molecule has 0 radical (unpaired) electrons. The number of nitrogens with one attached hydrogen (secondary N) is 1. The molecule has 3 N–H and O–H groups in total. The minimum absolute atomic E-state index is 0.101. The van der Waals surface area contributed by atoms with E-state index in [-0.39, 0.29) is 18.1 Å². The molecule has 1 atom stereocenters. The summed E-state index contributed by atoms with van der Waals surface area (Å²) in [5.41, 5.74) is 0.726. The fraction of sp³-hybridized carbons (Fsp3) is 0.385. The summed E-state index contributed by atoms with van der Waals surface area (Å²) in [5.74, 6) is -0.545. The molecule has 1 amide bonds. The van der Waals surface area contributed by atoms with E-state index < -0.39 is 12.0 Å². The number of aliphatic carboxylic acids is 1. The van der Waals surface area contributed by atoms with E-state index in [1.54, 1.807) is 12.1 Å². The molecule has 5 nitrogen and oxygen atoms in total. The standard InChI is InChI=1S/C13H17NO4S/c1-19-7-6-11(13(17)18)14-12(16)8-9-2-4-10(15)5-3-9/h2-5,11,15H,6-8H2,1H3,(H,14,16)(H,17,18)/t11-/m0/s1. The minimum Gasteiger partial charge on any atom is -0.508 e. The second kappa shape index (κ2) is 7.68. The molecule has 1 aromatic rings. The lowest BCUT2D eigenvalue weighted by Crippen LogP contribution is -2.41. The van der Waals surface area contributed by atoms with Gasteiger partial charge in [-0.3, -0.25) is 4.79 Å². The Morgan fingerprint density at radius 2 is 1.95 bits per heavy atom. The fourth-order valence-electron chi connectivity index (χ4n) is 1.54. The van der Waals surface area contributed by atoms with Crippen molar-refractivity contribution < 1.29 is 19.8 Å². The van der Waals surface area contributed by atoms with Crippen LogP contribution in [0.5, 0.6) is 5.75 Å². The van der Waals surface area contributed by atoms with Gasteiger partial charge >= 0.3 is 5.97 Å². The average molecular weight is 283 g/mol. The Morgan fingerprint density at radius 1 is 1.32 bits per heavy atom. The highest BCUT2D eigenvalue weighted by molar-refractivity contribution is 7.98. The van der Waals surface area contributed by atoms with Crippen molar-refractivity contribution in [1.29, 1.82) is 0 Å². The highest BCUT2D eigenvalue weighted by Gasteiger charge is 2.19. The van der Waals surface area contributed by atoms with Crippen LogP contribution in [0.1, 0.15) is 12.0 Å². The van der Waals surface area contributed by atoms with E-state index in [1.165, 1.54) is 23.9 Å². The maximum Gasteiger partial charge on any atom is 0.326 e. The molecule has 6 heteroatoms. The summed E-state index contributed by atoms with van der Waals surface area (Å²) in [6.45, 7) is 0. The van der Waals surface area contributed by atoms with Gasteiger partial charge in [-0.25, -0.2) is 4.79 Å². The van der Waals surface area contributed by atoms with E-state index in [1.807, 2.05) is 6.26 Å². The molecule has 0 aliphatic rings. The molecule has 0 fully saturated rings. The summed E-state index contributed by atoms with van der Waals surface area (Å²) in [5, 5.41) is 20.6. The largest absolute Gasteiger partial charge is 0.508 e. The first-order valence-electron chi connectivity index (χ1n) is 5.82. The number of carboxylic acid groups (broad SMARTS) is 1. The zero-order valence-electron chi connectivity index (χ0n) is 10.6. The summed E-state index contributed by atoms with van der Waals surface area (Å²) in [6.07, 6.45) is 2.39. The smallest absolute Gasteiger partial charge is 0.326 e. The molecule has 0 bridgehead atoms. The lowest BCUT2D eigenvalue weighted by Gasteiger charge is -2.13. The number of aromatic hydroxyl groups is 1. The Balaban J connectivity index is 2.52. The fourth-order valence-corrected chi connectivity index (χ4v) is 2.01. The summed E-state index contributed by atoms with van der Waals surface area (Å²) in [7, 11) is 0. The van der Waals surface area contributed by atoms with Gasteiger partial charge in [0.25, 0.3) is 0 Å². The van der Waals surface area contributed by atoms with E-state index in [2.05, 4.69) is 5.32 Å². The van der Waals surface area contributed by atoms with Crippen molar-refractivity contribution >= 4 is 23.6 Å². The quantitative estimate of drug-likeness (QED) is 0.701. The molecule has 0 aliphatic heterocycles. The van der Waals surface area contributed by atoms with Crippen LogP contribution in [0.25, 0.3) is 0 Å². The zero-order chi connectivity index (χ0) is 14.3. The highest BCUT2D eigenvalue weighted by Crippen LogP contribution is 2.10. The van der Waals surface area contributed by atoms with Crippen molar-refractivity contribution in [3.05, 3.63) is 29.8 Å². The number of hydrogen-bond acceptors (Lipinski definition) is 4. The molecule has 1 rings (SSSR count). The average Bonchev–Trinajstić information content (AvgIpc) is 2.37. The first-order valence-corrected chi connectivity index (χ1v) is 7.21. The lowest BCUT2D eigenvalue weighted by molar-refractivity contribution is -0.141. The Hall–Kier alpha value is -1.69. The maximum absolute atomic E-state index is 11.7. The second-order valence-electron chi connectivity index (χ2n) is 4.08. The molecule has 0 aliphatic carbocycles. The number of thioether (sulfide) groups is 1. The Labute approximate surface area is 116 Å². The summed E-state index contributed by atoms with van der Waals surface area (Å²) in [4.78, 5) is 22.7. The number of carbonyl (C=O) groups is 2. The van der Waals surface area contributed by atoms with Crippen LogP contribution in [-0.4, -0.2) is 40.1 Å². The molecule has 0 unspecified atom stereocenters. The van der Waals surface area contributed by atoms with Gasteiger partial charge in [0.15, 0.2) is 0 Å². The van der Waals surface area contributed by atoms with E-state index in [9.17, 15) is 9.59 Å². The van der Waals surface area contributed by atoms with E-state index in [4.69, 9.17) is 10.2 Å². The van der Waals surface area contributed by atoms with Gasteiger partial charge in [-0.2, -0.15) is 11.8 Å². The van der Waals surface area contributed by atoms with E-state index >= 15 is 0 Å². The summed E-state index contributed by atoms with van der Waals surface area (Å²) >= 11 is 1.54. The van der Waals surface area contributed by atoms with Crippen molar-refractivity contribution in [3.8, 4) is 5.75 Å². The number of carboxylic acids is 1. The van der Waals surface area contributed by atoms with Crippen LogP contribution in [-0.2, 0) is 16.0 Å². The first kappa shape index (κ1) is 15.4. The highest BCUT2D eigenvalue weighted by atomic mass is 32.2. The normalized spacial score (nSPS) is 11.8. The van der Waals surface area contributed by atoms with Crippen LogP contribution in [0.3, 0.4) is 0 Å². The molecular formula is C13H17NO4S. The topological polar surface area (TPSA) is 86.6 Å². The number of phenols is 1. The molecule has 0 saturated heterocycles. The SMILES string of the molecule is CSCC[C@H](NC(=O)Cc1ccc(O)cc1)C(=O)O. The molecule has 104 valence electrons. The second-order valence-corrected chi connectivity index (χ2v) is 5.07. The van der Waals surface area contributed by atoms with Gasteiger partial charge in [0.2, 0.25) is 5.91 Å². The number of phenolic OH excluding ortho intramolecular Hbond substituents is 1. The van der Waals surface area contributed by atoms with Crippen LogP contribution in [0.2, 0.25) is 0 Å². The molecule has 19 heavy (non-hydrogen) atoms. The van der Waals surface area contributed by atoms with Crippen molar-refractivity contribution in [2.24, 2.45) is 0 Å². The van der Waals surface area contributed by atoms with E-state index in [0.29, 0.717) is 12.2 Å². The van der Waals surface area contributed by atoms with Crippen LogP contribution in [0.15, 0.2) is 24.3 Å². The van der Waals surface area contributed by atoms with Crippen LogP contribution < -0.4 is 5.32 Å². The van der Waals surface area contributed by atoms with Crippen molar-refractivity contribution in [1.82, 2.24) is 5.32 Å². The van der Waals surface area contributed by atoms with Gasteiger partial charge in [0, 0.05) is 0 Å². The van der Waals surface area contributed by atoms with Crippen LogP contribution in [0, 0.1) is 0 Å². The van der Waals surface area contributed by atoms with Crippen molar-refractivity contribution in [2.45, 2.75) is 18.9 Å². The minimum atomic E-state index is -1.02. The summed E-state index contributed by atoms with van der Waals surface area (Å²) < 4.78 is 0. The van der Waals surface area contributed by atoms with Gasteiger partial charge in [0.1, 0.15) is 11.8 Å². The number of hydrogen-bond donors (Lipinski definition) is 3. The third kappa shape index (κ3) is 5.65. The van der Waals surface area contributed by atoms with Gasteiger partial charge in [-0.1, -0.05) is 12.1 Å². The Morgan fingerprint density at radius 3 is 2.47 bits per heavy atom. The van der Waals surface area contributed by atoms with E-state index in [0.717, 1.165) is 5.56 Å². The third-order valence-corrected chi connectivity index (χ3v) is 3.19. The zero-order valence-corrected chi connectivity index (χ0v) is 11.4. The predicted molar refractivity (Wildman–Crippen MR) is 74.4 cm³/mol. The third-order valence-electron chi connectivity index (χ3n) is 2.54. The summed E-state index contributed by atoms with van der Waals surface area (Å²) in [6, 6.07) is 5.40. The molecule has 0 aromatic heterocycles. The number of benzene rings is 1. The van der Waals surface area contributed by atoms with Crippen molar-refractivity contribution in [2.75, 3.05) is 12.0 Å². The van der Waals surface area contributed by atoms with Gasteiger partial charge in [0.05, 0.1) is 6.42 Å². The molecule has 0 spiro atoms. The van der Waals surface area contributed by atoms with Gasteiger partial charge in [-0.15, -0.1) is 0 Å². The maximum atomic E-state index is 11.7. The number of amides is 1. The number of carbonyl (C=O) groups excluding carboxylic acids is 1. The molecule has 1 aromatic carbocycles. The Kier molecular flexibility index (Phi) is 6.21. The monoisotopic (exact) mass is 283 g/mol. The van der Waals surface area contributed by atoms with Crippen LogP contribution >= 0.6 is 11.8 Å². The molecule has 0 saturated carbocycles. The predicted octanol–water partition coefficient (Wildman–Crippen LogP) is 1.26. The Bertz CT molecular complexity index is 433. The van der Waals surface area contributed by atoms with Crippen molar-refractivity contribution in [3.63, 3.8) is 0 Å². The van der Waals surface area contributed by atoms with Crippen LogP contribution in [0.4, 0.5) is 0 Å². The lowest BCUT2D eigenvalue weighted by atomic mass is 10.1. The first-order chi connectivity index (χ1) is 9.02. The van der Waals surface area contributed by atoms with Gasteiger partial charge in [-0.05, 0) is 36.1 Å². The molecular weight excluding hydrogens is 266 g/mol. The van der Waals surface area contributed by atoms with Gasteiger partial charge < -0.3 is 15.5 Å². The number of rotatable bonds is 7. The molecule has 0 heterocycles.